The molecule has 1 aliphatic heterocycles. The van der Waals surface area contributed by atoms with Crippen LogP contribution in [0.5, 0.6) is 0 Å². The van der Waals surface area contributed by atoms with E-state index >= 15 is 0 Å². The lowest BCUT2D eigenvalue weighted by molar-refractivity contribution is -0.383. The number of nitrogens with zero attached hydrogens (tertiary/aromatic N) is 3. The van der Waals surface area contributed by atoms with E-state index in [2.05, 4.69) is 10.2 Å². The first kappa shape index (κ1) is 17.2. The molecule has 1 aliphatic rings. The zero-order chi connectivity index (χ0) is 16.8. The van der Waals surface area contributed by atoms with E-state index < -0.39 is 4.92 Å². The number of benzene rings is 1. The number of hydrogen-bond donors (Lipinski definition) is 1. The third-order valence-electron chi connectivity index (χ3n) is 4.05. The van der Waals surface area contributed by atoms with Crippen molar-refractivity contribution in [3.63, 3.8) is 0 Å². The zero-order valence-electron chi connectivity index (χ0n) is 13.7. The normalized spacial score (nSPS) is 18.0. The Balaban J connectivity index is 1.99. The first-order valence-electron chi connectivity index (χ1n) is 7.90. The number of likely N-dealkylation sites (N-methyl/N-ethyl adjacent to an activating group) is 1. The number of carbonyl (C=O) groups excluding carboxylic acids is 1. The van der Waals surface area contributed by atoms with E-state index in [0.29, 0.717) is 5.69 Å². The monoisotopic (exact) mass is 320 g/mol. The molecule has 126 valence electrons. The topological polar surface area (TPSA) is 78.7 Å². The number of nitrogens with one attached hydrogen (secondary N) is 1. The van der Waals surface area contributed by atoms with Crippen LogP contribution in [-0.4, -0.2) is 60.4 Å². The molecule has 1 atom stereocenters. The summed E-state index contributed by atoms with van der Waals surface area (Å²) in [6, 6.07) is 6.61. The van der Waals surface area contributed by atoms with Crippen molar-refractivity contribution >= 4 is 17.3 Å². The summed E-state index contributed by atoms with van der Waals surface area (Å²) in [6.45, 7) is 1.68. The quantitative estimate of drug-likeness (QED) is 0.640. The van der Waals surface area contributed by atoms with Crippen molar-refractivity contribution in [1.82, 2.24) is 9.80 Å². The number of nitro benzene ring substituents is 1. The van der Waals surface area contributed by atoms with Crippen LogP contribution in [0.3, 0.4) is 0 Å². The van der Waals surface area contributed by atoms with E-state index in [-0.39, 0.29) is 24.2 Å². The van der Waals surface area contributed by atoms with Crippen molar-refractivity contribution in [1.29, 1.82) is 0 Å². The lowest BCUT2D eigenvalue weighted by Crippen LogP contribution is -2.50. The van der Waals surface area contributed by atoms with Gasteiger partial charge in [-0.3, -0.25) is 14.9 Å². The number of anilines is 1. The van der Waals surface area contributed by atoms with Gasteiger partial charge < -0.3 is 15.1 Å². The summed E-state index contributed by atoms with van der Waals surface area (Å²) in [5.74, 6) is -0.00491. The summed E-state index contributed by atoms with van der Waals surface area (Å²) in [5.41, 5.74) is 0.371. The molecule has 1 saturated heterocycles. The SMILES string of the molecule is CN(C)CC1CCCCN1C(=O)CNc1ccccc1[N+](=O)[O-]. The van der Waals surface area contributed by atoms with Gasteiger partial charge in [0.1, 0.15) is 5.69 Å². The first-order valence-corrected chi connectivity index (χ1v) is 7.90. The summed E-state index contributed by atoms with van der Waals surface area (Å²) >= 11 is 0. The predicted molar refractivity (Wildman–Crippen MR) is 89.5 cm³/mol. The van der Waals surface area contributed by atoms with Gasteiger partial charge in [-0.1, -0.05) is 12.1 Å². The fraction of sp³-hybridized carbons (Fsp3) is 0.562. The predicted octanol–water partition coefficient (Wildman–Crippen LogP) is 1.95. The Labute approximate surface area is 136 Å². The van der Waals surface area contributed by atoms with Gasteiger partial charge in [0.2, 0.25) is 5.91 Å². The zero-order valence-corrected chi connectivity index (χ0v) is 13.7. The molecule has 0 spiro atoms. The van der Waals surface area contributed by atoms with Crippen LogP contribution < -0.4 is 5.32 Å². The summed E-state index contributed by atoms with van der Waals surface area (Å²) in [6.07, 6.45) is 3.16. The van der Waals surface area contributed by atoms with E-state index in [9.17, 15) is 14.9 Å². The molecular formula is C16H24N4O3. The molecular weight excluding hydrogens is 296 g/mol. The molecule has 7 nitrogen and oxygen atoms in total. The molecule has 0 aromatic heterocycles. The summed E-state index contributed by atoms with van der Waals surface area (Å²) in [7, 11) is 4.01. The van der Waals surface area contributed by atoms with E-state index in [1.807, 2.05) is 19.0 Å². The van der Waals surface area contributed by atoms with Crippen LogP contribution in [-0.2, 0) is 4.79 Å². The van der Waals surface area contributed by atoms with Crippen LogP contribution in [0.2, 0.25) is 0 Å². The van der Waals surface area contributed by atoms with Gasteiger partial charge in [-0.25, -0.2) is 0 Å². The van der Waals surface area contributed by atoms with Crippen molar-refractivity contribution in [2.75, 3.05) is 39.0 Å². The van der Waals surface area contributed by atoms with Gasteiger partial charge in [-0.15, -0.1) is 0 Å². The van der Waals surface area contributed by atoms with Crippen molar-refractivity contribution in [2.24, 2.45) is 0 Å². The maximum absolute atomic E-state index is 12.5. The average Bonchev–Trinajstić information content (AvgIpc) is 2.52. The van der Waals surface area contributed by atoms with Crippen molar-refractivity contribution in [3.8, 4) is 0 Å². The van der Waals surface area contributed by atoms with Crippen LogP contribution in [0.1, 0.15) is 19.3 Å². The maximum Gasteiger partial charge on any atom is 0.292 e. The highest BCUT2D eigenvalue weighted by molar-refractivity contribution is 5.82. The van der Waals surface area contributed by atoms with Crippen molar-refractivity contribution in [2.45, 2.75) is 25.3 Å². The minimum absolute atomic E-state index is 0.00491. The number of nitro groups is 1. The standard InChI is InChI=1S/C16H24N4O3/c1-18(2)12-13-7-5-6-10-19(13)16(21)11-17-14-8-3-4-9-15(14)20(22)23/h3-4,8-9,13,17H,5-7,10-12H2,1-2H3. The molecule has 1 heterocycles. The largest absolute Gasteiger partial charge is 0.371 e. The molecule has 1 amide bonds. The molecule has 2 rings (SSSR count). The Morgan fingerprint density at radius 2 is 2.13 bits per heavy atom. The minimum Gasteiger partial charge on any atom is -0.371 e. The molecule has 7 heteroatoms. The van der Waals surface area contributed by atoms with Crippen LogP contribution in [0.4, 0.5) is 11.4 Å². The second-order valence-electron chi connectivity index (χ2n) is 6.13. The summed E-state index contributed by atoms with van der Waals surface area (Å²) in [4.78, 5) is 27.1. The highest BCUT2D eigenvalue weighted by atomic mass is 16.6. The Kier molecular flexibility index (Phi) is 5.92. The molecule has 23 heavy (non-hydrogen) atoms. The fourth-order valence-electron chi connectivity index (χ4n) is 2.99. The number of carbonyl (C=O) groups is 1. The second kappa shape index (κ2) is 7.92. The molecule has 1 aromatic rings. The molecule has 1 aromatic carbocycles. The molecule has 0 saturated carbocycles. The van der Waals surface area contributed by atoms with Gasteiger partial charge >= 0.3 is 0 Å². The van der Waals surface area contributed by atoms with E-state index in [4.69, 9.17) is 0 Å². The van der Waals surface area contributed by atoms with Gasteiger partial charge in [-0.2, -0.15) is 0 Å². The minimum atomic E-state index is -0.442. The smallest absolute Gasteiger partial charge is 0.292 e. The number of rotatable bonds is 6. The number of hydrogen-bond acceptors (Lipinski definition) is 5. The molecule has 1 fully saturated rings. The lowest BCUT2D eigenvalue weighted by Gasteiger charge is -2.37. The van der Waals surface area contributed by atoms with Crippen LogP contribution in [0, 0.1) is 10.1 Å². The van der Waals surface area contributed by atoms with Gasteiger partial charge in [0.25, 0.3) is 5.69 Å². The molecule has 1 N–H and O–H groups in total. The number of para-hydroxylation sites is 2. The lowest BCUT2D eigenvalue weighted by atomic mass is 10.0. The third-order valence-corrected chi connectivity index (χ3v) is 4.05. The van der Waals surface area contributed by atoms with Gasteiger partial charge in [0, 0.05) is 25.2 Å². The van der Waals surface area contributed by atoms with Gasteiger partial charge in [-0.05, 0) is 39.4 Å². The van der Waals surface area contributed by atoms with Crippen LogP contribution >= 0.6 is 0 Å². The van der Waals surface area contributed by atoms with E-state index in [1.54, 1.807) is 18.2 Å². The van der Waals surface area contributed by atoms with Crippen molar-refractivity contribution in [3.05, 3.63) is 34.4 Å². The molecule has 0 aliphatic carbocycles. The Morgan fingerprint density at radius 3 is 2.83 bits per heavy atom. The first-order chi connectivity index (χ1) is 11.0. The number of amides is 1. The van der Waals surface area contributed by atoms with E-state index in [1.165, 1.54) is 6.07 Å². The van der Waals surface area contributed by atoms with Gasteiger partial charge in [0.15, 0.2) is 0 Å². The van der Waals surface area contributed by atoms with Crippen LogP contribution in [0.25, 0.3) is 0 Å². The Hall–Kier alpha value is -2.15. The van der Waals surface area contributed by atoms with Gasteiger partial charge in [0.05, 0.1) is 11.5 Å². The highest BCUT2D eigenvalue weighted by Gasteiger charge is 2.27. The number of likely N-dealkylation sites (tertiary alicyclic amines) is 1. The van der Waals surface area contributed by atoms with Crippen molar-refractivity contribution < 1.29 is 9.72 Å². The molecule has 1 unspecified atom stereocenters. The van der Waals surface area contributed by atoms with E-state index in [0.717, 1.165) is 32.4 Å². The average molecular weight is 320 g/mol. The molecule has 0 radical (unpaired) electrons. The Morgan fingerprint density at radius 1 is 1.39 bits per heavy atom. The second-order valence-corrected chi connectivity index (χ2v) is 6.13. The summed E-state index contributed by atoms with van der Waals surface area (Å²) in [5, 5.41) is 13.9. The molecule has 0 bridgehead atoms. The van der Waals surface area contributed by atoms with Crippen LogP contribution in [0.15, 0.2) is 24.3 Å². The summed E-state index contributed by atoms with van der Waals surface area (Å²) < 4.78 is 0. The Bertz CT molecular complexity index is 562. The highest BCUT2D eigenvalue weighted by Crippen LogP contribution is 2.23. The number of piperidine rings is 1. The maximum atomic E-state index is 12.5. The third kappa shape index (κ3) is 4.66. The fourth-order valence-corrected chi connectivity index (χ4v) is 2.99.